The first-order valence-electron chi connectivity index (χ1n) is 8.37. The summed E-state index contributed by atoms with van der Waals surface area (Å²) in [6.07, 6.45) is 8.83. The van der Waals surface area contributed by atoms with Crippen LogP contribution in [0.4, 0.5) is 0 Å². The fourth-order valence-electron chi connectivity index (χ4n) is 4.42. The monoisotopic (exact) mass is 280 g/mol. The second-order valence-electron chi connectivity index (χ2n) is 6.38. The van der Waals surface area contributed by atoms with Crippen LogP contribution in [0.1, 0.15) is 71.6 Å². The number of carbonyl (C=O) groups is 2. The Morgan fingerprint density at radius 3 is 2.60 bits per heavy atom. The molecule has 2 saturated carbocycles. The second-order valence-corrected chi connectivity index (χ2v) is 6.38. The molecule has 0 N–H and O–H groups in total. The van der Waals surface area contributed by atoms with Gasteiger partial charge in [-0.1, -0.05) is 39.0 Å². The summed E-state index contributed by atoms with van der Waals surface area (Å²) in [6, 6.07) is 0. The molecule has 3 nitrogen and oxygen atoms in total. The van der Waals surface area contributed by atoms with Gasteiger partial charge in [-0.05, 0) is 38.0 Å². The van der Waals surface area contributed by atoms with Gasteiger partial charge in [-0.2, -0.15) is 0 Å². The van der Waals surface area contributed by atoms with E-state index in [0.29, 0.717) is 25.4 Å². The molecule has 2 aliphatic rings. The summed E-state index contributed by atoms with van der Waals surface area (Å²) in [4.78, 5) is 25.3. The molecule has 3 atom stereocenters. The van der Waals surface area contributed by atoms with Gasteiger partial charge in [-0.15, -0.1) is 0 Å². The summed E-state index contributed by atoms with van der Waals surface area (Å²) in [7, 11) is 0. The van der Waals surface area contributed by atoms with E-state index in [9.17, 15) is 9.59 Å². The van der Waals surface area contributed by atoms with E-state index in [1.54, 1.807) is 0 Å². The first-order chi connectivity index (χ1) is 9.66. The maximum Gasteiger partial charge on any atom is 0.319 e. The van der Waals surface area contributed by atoms with Crippen molar-refractivity contribution >= 4 is 11.8 Å². The molecule has 3 heteroatoms. The van der Waals surface area contributed by atoms with Crippen LogP contribution in [0.15, 0.2) is 0 Å². The maximum atomic E-state index is 12.7. The number of Topliss-reactive ketones (excluding diaryl/α,β-unsaturated/α-hetero) is 1. The zero-order chi connectivity index (χ0) is 14.6. The molecule has 2 fully saturated rings. The molecule has 0 spiro atoms. The quantitative estimate of drug-likeness (QED) is 0.579. The molecule has 20 heavy (non-hydrogen) atoms. The minimum absolute atomic E-state index is 0.160. The zero-order valence-corrected chi connectivity index (χ0v) is 13.0. The number of ether oxygens (including phenoxy) is 1. The van der Waals surface area contributed by atoms with E-state index in [1.165, 1.54) is 6.42 Å². The highest BCUT2D eigenvalue weighted by atomic mass is 16.5. The molecular formula is C17H28O3. The number of ketones is 1. The van der Waals surface area contributed by atoms with Crippen molar-refractivity contribution in [3.8, 4) is 0 Å². The van der Waals surface area contributed by atoms with Crippen molar-refractivity contribution in [2.75, 3.05) is 6.61 Å². The van der Waals surface area contributed by atoms with Gasteiger partial charge in [0.2, 0.25) is 0 Å². The molecule has 0 radical (unpaired) electrons. The summed E-state index contributed by atoms with van der Waals surface area (Å²) in [6.45, 7) is 4.39. The summed E-state index contributed by atoms with van der Waals surface area (Å²) < 4.78 is 5.34. The first kappa shape index (κ1) is 15.5. The lowest BCUT2D eigenvalue weighted by Gasteiger charge is -2.45. The molecule has 0 amide bonds. The average molecular weight is 280 g/mol. The Balaban J connectivity index is 2.34. The molecule has 3 unspecified atom stereocenters. The molecule has 0 bridgehead atoms. The van der Waals surface area contributed by atoms with E-state index in [-0.39, 0.29) is 17.7 Å². The minimum atomic E-state index is -0.810. The molecule has 0 aliphatic heterocycles. The Morgan fingerprint density at radius 1 is 1.20 bits per heavy atom. The summed E-state index contributed by atoms with van der Waals surface area (Å²) in [5, 5.41) is 0. The lowest BCUT2D eigenvalue weighted by atomic mass is 9.57. The van der Waals surface area contributed by atoms with Crippen molar-refractivity contribution in [3.05, 3.63) is 0 Å². The summed E-state index contributed by atoms with van der Waals surface area (Å²) in [5.41, 5.74) is -0.810. The van der Waals surface area contributed by atoms with Crippen LogP contribution in [0.25, 0.3) is 0 Å². The van der Waals surface area contributed by atoms with Crippen LogP contribution in [0.5, 0.6) is 0 Å². The van der Waals surface area contributed by atoms with Gasteiger partial charge < -0.3 is 4.74 Å². The highest BCUT2D eigenvalue weighted by Crippen LogP contribution is 2.50. The Morgan fingerprint density at radius 2 is 1.95 bits per heavy atom. The van der Waals surface area contributed by atoms with Crippen LogP contribution < -0.4 is 0 Å². The van der Waals surface area contributed by atoms with Gasteiger partial charge in [0.1, 0.15) is 11.2 Å². The summed E-state index contributed by atoms with van der Waals surface area (Å²) in [5.74, 6) is 0.658. The van der Waals surface area contributed by atoms with Crippen molar-refractivity contribution < 1.29 is 14.3 Å². The lowest BCUT2D eigenvalue weighted by Crippen LogP contribution is -2.51. The number of hydrogen-bond donors (Lipinski definition) is 0. The Labute approximate surface area is 122 Å². The number of carbonyl (C=O) groups excluding carboxylic acids is 2. The van der Waals surface area contributed by atoms with Gasteiger partial charge in [0.15, 0.2) is 0 Å². The van der Waals surface area contributed by atoms with Crippen LogP contribution in [-0.4, -0.2) is 18.4 Å². The van der Waals surface area contributed by atoms with Crippen LogP contribution in [0.2, 0.25) is 0 Å². The van der Waals surface area contributed by atoms with Crippen molar-refractivity contribution in [3.63, 3.8) is 0 Å². The molecule has 0 aromatic rings. The fraction of sp³-hybridized carbons (Fsp3) is 0.882. The van der Waals surface area contributed by atoms with Crippen molar-refractivity contribution in [2.24, 2.45) is 17.3 Å². The average Bonchev–Trinajstić information content (AvgIpc) is 2.48. The lowest BCUT2D eigenvalue weighted by molar-refractivity contribution is -0.170. The van der Waals surface area contributed by atoms with E-state index in [2.05, 4.69) is 6.92 Å². The molecular weight excluding hydrogens is 252 g/mol. The van der Waals surface area contributed by atoms with Crippen molar-refractivity contribution in [1.29, 1.82) is 0 Å². The van der Waals surface area contributed by atoms with Gasteiger partial charge in [0.25, 0.3) is 0 Å². The van der Waals surface area contributed by atoms with Crippen LogP contribution in [0.3, 0.4) is 0 Å². The second kappa shape index (κ2) is 6.73. The van der Waals surface area contributed by atoms with Gasteiger partial charge >= 0.3 is 5.97 Å². The van der Waals surface area contributed by atoms with E-state index >= 15 is 0 Å². The van der Waals surface area contributed by atoms with Gasteiger partial charge in [0.05, 0.1) is 6.61 Å². The van der Waals surface area contributed by atoms with E-state index in [0.717, 1.165) is 38.5 Å². The SMILES string of the molecule is CCOC(=O)C1(C2CCCCC2CC)CCCCC1=O. The number of rotatable bonds is 4. The van der Waals surface area contributed by atoms with Crippen LogP contribution >= 0.6 is 0 Å². The zero-order valence-electron chi connectivity index (χ0n) is 13.0. The van der Waals surface area contributed by atoms with Gasteiger partial charge in [-0.3, -0.25) is 9.59 Å². The highest BCUT2D eigenvalue weighted by Gasteiger charge is 2.55. The third kappa shape index (κ3) is 2.64. The predicted molar refractivity (Wildman–Crippen MR) is 78.3 cm³/mol. The topological polar surface area (TPSA) is 43.4 Å². The van der Waals surface area contributed by atoms with Gasteiger partial charge in [0, 0.05) is 6.42 Å². The van der Waals surface area contributed by atoms with Crippen molar-refractivity contribution in [2.45, 2.75) is 71.6 Å². The van der Waals surface area contributed by atoms with Gasteiger partial charge in [-0.25, -0.2) is 0 Å². The maximum absolute atomic E-state index is 12.7. The van der Waals surface area contributed by atoms with Crippen LogP contribution in [0, 0.1) is 17.3 Å². The third-order valence-corrected chi connectivity index (χ3v) is 5.43. The molecule has 0 aromatic carbocycles. The van der Waals surface area contributed by atoms with E-state index in [1.807, 2.05) is 6.92 Å². The molecule has 2 rings (SSSR count). The third-order valence-electron chi connectivity index (χ3n) is 5.43. The number of esters is 1. The smallest absolute Gasteiger partial charge is 0.319 e. The minimum Gasteiger partial charge on any atom is -0.465 e. The van der Waals surface area contributed by atoms with Crippen molar-refractivity contribution in [1.82, 2.24) is 0 Å². The molecule has 2 aliphatic carbocycles. The molecule has 114 valence electrons. The standard InChI is InChI=1S/C17H28O3/c1-3-13-9-5-6-10-14(13)17(16(19)20-4-2)12-8-7-11-15(17)18/h13-14H,3-12H2,1-2H3. The Bertz CT molecular complexity index is 363. The molecule has 0 heterocycles. The first-order valence-corrected chi connectivity index (χ1v) is 8.37. The molecule has 0 saturated heterocycles. The largest absolute Gasteiger partial charge is 0.465 e. The Kier molecular flexibility index (Phi) is 5.22. The normalized spacial score (nSPS) is 34.8. The van der Waals surface area contributed by atoms with Crippen LogP contribution in [-0.2, 0) is 14.3 Å². The number of hydrogen-bond acceptors (Lipinski definition) is 3. The highest BCUT2D eigenvalue weighted by molar-refractivity contribution is 6.04. The predicted octanol–water partition coefficient (Wildman–Crippen LogP) is 3.90. The Hall–Kier alpha value is -0.860. The van der Waals surface area contributed by atoms with E-state index < -0.39 is 5.41 Å². The molecule has 0 aromatic heterocycles. The fourth-order valence-corrected chi connectivity index (χ4v) is 4.42. The summed E-state index contributed by atoms with van der Waals surface area (Å²) >= 11 is 0. The van der Waals surface area contributed by atoms with E-state index in [4.69, 9.17) is 4.74 Å².